The van der Waals surface area contributed by atoms with Crippen molar-refractivity contribution in [1.29, 1.82) is 5.26 Å². The van der Waals surface area contributed by atoms with Gasteiger partial charge in [0.15, 0.2) is 11.5 Å². The third kappa shape index (κ3) is 7.23. The number of nitrogens with one attached hydrogen (secondary N) is 1. The average molecular weight is 537 g/mol. The molecule has 0 saturated heterocycles. The van der Waals surface area contributed by atoms with Gasteiger partial charge >= 0.3 is 11.9 Å². The third-order valence-electron chi connectivity index (χ3n) is 5.41. The number of carbonyl (C=O) groups excluding carboxylic acids is 1. The highest BCUT2D eigenvalue weighted by molar-refractivity contribution is 6.01. The summed E-state index contributed by atoms with van der Waals surface area (Å²) in [7, 11) is 1.30. The number of nitrogens with zero attached hydrogens (tertiary/aromatic N) is 2. The van der Waals surface area contributed by atoms with Gasteiger partial charge in [0.25, 0.3) is 5.91 Å². The topological polar surface area (TPSA) is 114 Å². The largest absolute Gasteiger partial charge is 0.493 e. The Kier molecular flexibility index (Phi) is 9.07. The fraction of sp³-hybridized carbons (Fsp3) is 0.143. The number of nitro benzene ring substituents is 1. The second-order valence-corrected chi connectivity index (χ2v) is 8.08. The lowest BCUT2D eigenvalue weighted by Gasteiger charge is -2.16. The molecule has 0 heterocycles. The van der Waals surface area contributed by atoms with E-state index in [1.165, 1.54) is 25.3 Å². The Morgan fingerprint density at radius 2 is 1.87 bits per heavy atom. The van der Waals surface area contributed by atoms with E-state index in [9.17, 15) is 33.3 Å². The number of halogens is 3. The second kappa shape index (κ2) is 12.4. The molecular formula is C28H22F3N3O5. The van der Waals surface area contributed by atoms with Crippen molar-refractivity contribution >= 4 is 17.7 Å². The van der Waals surface area contributed by atoms with Gasteiger partial charge in [-0.25, -0.2) is 0 Å². The zero-order valence-corrected chi connectivity index (χ0v) is 20.6. The van der Waals surface area contributed by atoms with Crippen LogP contribution in [0.15, 0.2) is 78.9 Å². The number of hydrogen-bond acceptors (Lipinski definition) is 6. The maximum Gasteiger partial charge on any atom is 0.416 e. The number of alkyl halides is 3. The molecule has 0 aromatic heterocycles. The SMILES string of the molecule is C=CCc1cc(/C=C(\C#N)C(=O)NCc2ccccc2)cc(OC)c1Oc1ccc(C(F)(F)F)cc1[N+](=O)[O-]. The Balaban J connectivity index is 1.99. The average Bonchev–Trinajstić information content (AvgIpc) is 2.91. The van der Waals surface area contributed by atoms with Gasteiger partial charge < -0.3 is 14.8 Å². The van der Waals surface area contributed by atoms with Crippen LogP contribution in [-0.2, 0) is 23.9 Å². The first-order chi connectivity index (χ1) is 18.6. The highest BCUT2D eigenvalue weighted by atomic mass is 19.4. The van der Waals surface area contributed by atoms with Crippen molar-refractivity contribution in [3.63, 3.8) is 0 Å². The number of allylic oxidation sites excluding steroid dienone is 1. The molecule has 0 saturated carbocycles. The van der Waals surface area contributed by atoms with Crippen LogP contribution in [0.2, 0.25) is 0 Å². The van der Waals surface area contributed by atoms with E-state index in [0.29, 0.717) is 23.3 Å². The number of carbonyl (C=O) groups is 1. The monoisotopic (exact) mass is 537 g/mol. The summed E-state index contributed by atoms with van der Waals surface area (Å²) in [5.74, 6) is -0.967. The van der Waals surface area contributed by atoms with Crippen LogP contribution in [0.25, 0.3) is 6.08 Å². The molecule has 11 heteroatoms. The molecule has 0 aliphatic heterocycles. The molecule has 200 valence electrons. The van der Waals surface area contributed by atoms with E-state index in [-0.39, 0.29) is 30.0 Å². The van der Waals surface area contributed by atoms with Gasteiger partial charge in [0.2, 0.25) is 5.75 Å². The lowest BCUT2D eigenvalue weighted by molar-refractivity contribution is -0.385. The summed E-state index contributed by atoms with van der Waals surface area (Å²) >= 11 is 0. The fourth-order valence-electron chi connectivity index (χ4n) is 3.56. The zero-order chi connectivity index (χ0) is 28.6. The van der Waals surface area contributed by atoms with Gasteiger partial charge in [-0.2, -0.15) is 18.4 Å². The van der Waals surface area contributed by atoms with Crippen molar-refractivity contribution in [2.45, 2.75) is 19.1 Å². The number of benzene rings is 3. The van der Waals surface area contributed by atoms with Crippen LogP contribution in [0, 0.1) is 21.4 Å². The summed E-state index contributed by atoms with van der Waals surface area (Å²) in [6.07, 6.45) is -1.77. The molecule has 0 aliphatic carbocycles. The smallest absolute Gasteiger partial charge is 0.416 e. The van der Waals surface area contributed by atoms with Gasteiger partial charge in [0, 0.05) is 18.2 Å². The van der Waals surface area contributed by atoms with Gasteiger partial charge in [-0.3, -0.25) is 14.9 Å². The van der Waals surface area contributed by atoms with E-state index in [1.807, 2.05) is 36.4 Å². The van der Waals surface area contributed by atoms with Gasteiger partial charge in [0.05, 0.1) is 17.6 Å². The third-order valence-corrected chi connectivity index (χ3v) is 5.41. The molecule has 1 N–H and O–H groups in total. The Hall–Kier alpha value is -5.11. The summed E-state index contributed by atoms with van der Waals surface area (Å²) in [5.41, 5.74) is -0.658. The highest BCUT2D eigenvalue weighted by Gasteiger charge is 2.33. The first-order valence-electron chi connectivity index (χ1n) is 11.4. The van der Waals surface area contributed by atoms with E-state index < -0.39 is 34.0 Å². The summed E-state index contributed by atoms with van der Waals surface area (Å²) in [4.78, 5) is 23.1. The maximum atomic E-state index is 13.1. The van der Waals surface area contributed by atoms with Crippen LogP contribution in [0.5, 0.6) is 17.2 Å². The van der Waals surface area contributed by atoms with Crippen LogP contribution in [0.4, 0.5) is 18.9 Å². The Morgan fingerprint density at radius 1 is 1.15 bits per heavy atom. The van der Waals surface area contributed by atoms with Crippen molar-refractivity contribution < 1.29 is 32.4 Å². The number of amides is 1. The molecule has 0 atom stereocenters. The molecule has 1 amide bonds. The minimum absolute atomic E-state index is 0.00412. The van der Waals surface area contributed by atoms with Crippen molar-refractivity contribution in [1.82, 2.24) is 5.32 Å². The Morgan fingerprint density at radius 3 is 2.46 bits per heavy atom. The molecule has 39 heavy (non-hydrogen) atoms. The molecule has 8 nitrogen and oxygen atoms in total. The molecule has 0 aliphatic rings. The molecule has 3 aromatic carbocycles. The predicted molar refractivity (Wildman–Crippen MR) is 137 cm³/mol. The van der Waals surface area contributed by atoms with Crippen molar-refractivity contribution in [2.75, 3.05) is 7.11 Å². The molecule has 0 unspecified atom stereocenters. The molecule has 3 aromatic rings. The van der Waals surface area contributed by atoms with Gasteiger partial charge in [0.1, 0.15) is 11.6 Å². The molecular weight excluding hydrogens is 515 g/mol. The van der Waals surface area contributed by atoms with Crippen LogP contribution in [-0.4, -0.2) is 17.9 Å². The summed E-state index contributed by atoms with van der Waals surface area (Å²) in [6.45, 7) is 3.88. The van der Waals surface area contributed by atoms with E-state index in [1.54, 1.807) is 6.07 Å². The lowest BCUT2D eigenvalue weighted by atomic mass is 10.0. The summed E-state index contributed by atoms with van der Waals surface area (Å²) < 4.78 is 50.4. The quantitative estimate of drug-likeness (QED) is 0.106. The van der Waals surface area contributed by atoms with Crippen LogP contribution < -0.4 is 14.8 Å². The molecule has 0 radical (unpaired) electrons. The van der Waals surface area contributed by atoms with E-state index >= 15 is 0 Å². The zero-order valence-electron chi connectivity index (χ0n) is 20.6. The summed E-state index contributed by atoms with van der Waals surface area (Å²) in [5, 5.41) is 23.7. The van der Waals surface area contributed by atoms with Crippen LogP contribution in [0.1, 0.15) is 22.3 Å². The molecule has 0 bridgehead atoms. The van der Waals surface area contributed by atoms with Crippen LogP contribution in [0.3, 0.4) is 0 Å². The second-order valence-electron chi connectivity index (χ2n) is 8.08. The first-order valence-corrected chi connectivity index (χ1v) is 11.4. The standard InChI is InChI=1S/C28H22F3N3O5/c1-3-7-20-12-19(13-21(16-32)27(35)33-17-18-8-5-4-6-9-18)14-25(38-2)26(20)39-24-11-10-22(28(29,30)31)15-23(24)34(36)37/h3-6,8-15H,1,7,17H2,2H3,(H,33,35)/b21-13+. The number of ether oxygens (including phenoxy) is 2. The van der Waals surface area contributed by atoms with Crippen molar-refractivity contribution in [2.24, 2.45) is 0 Å². The van der Waals surface area contributed by atoms with E-state index in [2.05, 4.69) is 11.9 Å². The minimum atomic E-state index is -4.78. The van der Waals surface area contributed by atoms with Crippen molar-refractivity contribution in [3.05, 3.63) is 111 Å². The Labute approximate surface area is 221 Å². The van der Waals surface area contributed by atoms with Gasteiger partial charge in [-0.05, 0) is 47.9 Å². The number of methoxy groups -OCH3 is 1. The maximum absolute atomic E-state index is 13.1. The lowest BCUT2D eigenvalue weighted by Crippen LogP contribution is -2.23. The molecule has 0 spiro atoms. The van der Waals surface area contributed by atoms with Crippen LogP contribution >= 0.6 is 0 Å². The van der Waals surface area contributed by atoms with E-state index in [4.69, 9.17) is 9.47 Å². The highest BCUT2D eigenvalue weighted by Crippen LogP contribution is 2.42. The fourth-order valence-corrected chi connectivity index (χ4v) is 3.56. The number of hydrogen-bond donors (Lipinski definition) is 1. The molecule has 0 fully saturated rings. The Bertz CT molecular complexity index is 1460. The minimum Gasteiger partial charge on any atom is -0.493 e. The molecule has 3 rings (SSSR count). The number of nitro groups is 1. The normalized spacial score (nSPS) is 11.3. The predicted octanol–water partition coefficient (Wildman–Crippen LogP) is 6.37. The van der Waals surface area contributed by atoms with Gasteiger partial charge in [-0.15, -0.1) is 6.58 Å². The number of nitriles is 1. The number of rotatable bonds is 10. The first kappa shape index (κ1) is 28.5. The van der Waals surface area contributed by atoms with Gasteiger partial charge in [-0.1, -0.05) is 36.4 Å². The summed E-state index contributed by atoms with van der Waals surface area (Å²) in [6, 6.07) is 15.9. The van der Waals surface area contributed by atoms with E-state index in [0.717, 1.165) is 11.6 Å². The van der Waals surface area contributed by atoms with Crippen molar-refractivity contribution in [3.8, 4) is 23.3 Å².